The third-order valence-electron chi connectivity index (χ3n) is 3.04. The lowest BCUT2D eigenvalue weighted by Gasteiger charge is -2.17. The first-order chi connectivity index (χ1) is 9.60. The summed E-state index contributed by atoms with van der Waals surface area (Å²) in [5.41, 5.74) is 5.29. The van der Waals surface area contributed by atoms with Crippen LogP contribution in [-0.4, -0.2) is 22.8 Å². The molecular formula is C15H18N4O. The van der Waals surface area contributed by atoms with Crippen molar-refractivity contribution in [3.05, 3.63) is 59.3 Å². The van der Waals surface area contributed by atoms with Gasteiger partial charge in [-0.25, -0.2) is 10.8 Å². The molecule has 0 aliphatic carbocycles. The Morgan fingerprint density at radius 2 is 2.00 bits per heavy atom. The number of benzene rings is 1. The van der Waals surface area contributed by atoms with Gasteiger partial charge in [-0.2, -0.15) is 0 Å². The molecule has 1 heterocycles. The Balaban J connectivity index is 2.09. The van der Waals surface area contributed by atoms with Gasteiger partial charge in [0, 0.05) is 25.4 Å². The smallest absolute Gasteiger partial charge is 0.254 e. The molecule has 1 amide bonds. The van der Waals surface area contributed by atoms with E-state index in [1.807, 2.05) is 31.2 Å². The van der Waals surface area contributed by atoms with Crippen LogP contribution in [0, 0.1) is 6.92 Å². The second-order valence-electron chi connectivity index (χ2n) is 4.72. The predicted octanol–water partition coefficient (Wildman–Crippen LogP) is 1.95. The lowest BCUT2D eigenvalue weighted by Crippen LogP contribution is -2.26. The van der Waals surface area contributed by atoms with Crippen molar-refractivity contribution >= 4 is 11.7 Å². The molecule has 104 valence electrons. The first-order valence-corrected chi connectivity index (χ1v) is 6.34. The number of aryl methyl sites for hydroxylation is 1. The van der Waals surface area contributed by atoms with Crippen molar-refractivity contribution in [3.63, 3.8) is 0 Å². The molecule has 1 aromatic heterocycles. The Hall–Kier alpha value is -2.40. The van der Waals surface area contributed by atoms with E-state index in [9.17, 15) is 4.79 Å². The van der Waals surface area contributed by atoms with Crippen LogP contribution in [0.2, 0.25) is 0 Å². The van der Waals surface area contributed by atoms with E-state index in [1.165, 1.54) is 5.56 Å². The van der Waals surface area contributed by atoms with Gasteiger partial charge >= 0.3 is 0 Å². The van der Waals surface area contributed by atoms with Gasteiger partial charge in [0.1, 0.15) is 5.82 Å². The Morgan fingerprint density at radius 3 is 2.65 bits per heavy atom. The minimum absolute atomic E-state index is 0.0653. The maximum atomic E-state index is 12.3. The largest absolute Gasteiger partial charge is 0.337 e. The third kappa shape index (κ3) is 3.33. The zero-order valence-corrected chi connectivity index (χ0v) is 11.6. The molecule has 2 rings (SSSR count). The summed E-state index contributed by atoms with van der Waals surface area (Å²) in [6.07, 6.45) is 1.56. The highest BCUT2D eigenvalue weighted by molar-refractivity contribution is 5.94. The second-order valence-corrected chi connectivity index (χ2v) is 4.72. The van der Waals surface area contributed by atoms with Crippen LogP contribution >= 0.6 is 0 Å². The van der Waals surface area contributed by atoms with E-state index in [0.29, 0.717) is 17.9 Å². The van der Waals surface area contributed by atoms with Crippen molar-refractivity contribution in [2.24, 2.45) is 5.84 Å². The summed E-state index contributed by atoms with van der Waals surface area (Å²) >= 11 is 0. The number of carbonyl (C=O) groups excluding carboxylic acids is 1. The molecule has 0 atom stereocenters. The molecule has 5 heteroatoms. The van der Waals surface area contributed by atoms with Crippen LogP contribution in [0.5, 0.6) is 0 Å². The molecule has 20 heavy (non-hydrogen) atoms. The van der Waals surface area contributed by atoms with E-state index in [2.05, 4.69) is 10.4 Å². The number of anilines is 1. The fourth-order valence-electron chi connectivity index (χ4n) is 1.90. The third-order valence-corrected chi connectivity index (χ3v) is 3.04. The van der Waals surface area contributed by atoms with Crippen LogP contribution in [-0.2, 0) is 6.54 Å². The van der Waals surface area contributed by atoms with Gasteiger partial charge in [0.2, 0.25) is 0 Å². The van der Waals surface area contributed by atoms with Crippen LogP contribution in [0.4, 0.5) is 5.82 Å². The Morgan fingerprint density at radius 1 is 1.30 bits per heavy atom. The number of rotatable bonds is 4. The number of amides is 1. The van der Waals surface area contributed by atoms with Gasteiger partial charge in [0.05, 0.1) is 0 Å². The molecule has 0 saturated carbocycles. The standard InChI is InChI=1S/C15H18N4O/c1-11-3-5-12(6-4-11)10-19(2)15(20)13-7-8-17-14(9-13)18-16/h3-9H,10,16H2,1-2H3,(H,17,18). The summed E-state index contributed by atoms with van der Waals surface area (Å²) < 4.78 is 0. The van der Waals surface area contributed by atoms with Gasteiger partial charge in [-0.3, -0.25) is 4.79 Å². The molecule has 0 fully saturated rings. The highest BCUT2D eigenvalue weighted by Gasteiger charge is 2.12. The lowest BCUT2D eigenvalue weighted by molar-refractivity contribution is 0.0785. The van der Waals surface area contributed by atoms with Crippen molar-refractivity contribution in [1.29, 1.82) is 0 Å². The number of hydrogen-bond donors (Lipinski definition) is 2. The van der Waals surface area contributed by atoms with Crippen molar-refractivity contribution in [2.45, 2.75) is 13.5 Å². The van der Waals surface area contributed by atoms with Crippen LogP contribution in [0.3, 0.4) is 0 Å². The average molecular weight is 270 g/mol. The highest BCUT2D eigenvalue weighted by Crippen LogP contribution is 2.11. The summed E-state index contributed by atoms with van der Waals surface area (Å²) in [5.74, 6) is 5.70. The molecule has 0 unspecified atom stereocenters. The molecule has 0 bridgehead atoms. The number of aromatic nitrogens is 1. The topological polar surface area (TPSA) is 71.2 Å². The Kier molecular flexibility index (Phi) is 4.32. The molecule has 0 aliphatic rings. The summed E-state index contributed by atoms with van der Waals surface area (Å²) in [5, 5.41) is 0. The van der Waals surface area contributed by atoms with E-state index in [4.69, 9.17) is 5.84 Å². The van der Waals surface area contributed by atoms with Gasteiger partial charge in [-0.15, -0.1) is 0 Å². The van der Waals surface area contributed by atoms with Crippen molar-refractivity contribution < 1.29 is 4.79 Å². The van der Waals surface area contributed by atoms with Crippen LogP contribution in [0.15, 0.2) is 42.6 Å². The predicted molar refractivity (Wildman–Crippen MR) is 79.0 cm³/mol. The molecule has 3 N–H and O–H groups in total. The first kappa shape index (κ1) is 14.0. The monoisotopic (exact) mass is 270 g/mol. The zero-order chi connectivity index (χ0) is 14.5. The molecule has 0 aliphatic heterocycles. The highest BCUT2D eigenvalue weighted by atomic mass is 16.2. The Bertz CT molecular complexity index is 595. The van der Waals surface area contributed by atoms with E-state index in [1.54, 1.807) is 30.3 Å². The maximum Gasteiger partial charge on any atom is 0.254 e. The summed E-state index contributed by atoms with van der Waals surface area (Å²) in [6, 6.07) is 11.4. The molecule has 0 spiro atoms. The van der Waals surface area contributed by atoms with Gasteiger partial charge in [-0.1, -0.05) is 29.8 Å². The van der Waals surface area contributed by atoms with E-state index in [-0.39, 0.29) is 5.91 Å². The zero-order valence-electron chi connectivity index (χ0n) is 11.6. The van der Waals surface area contributed by atoms with Gasteiger partial charge < -0.3 is 10.3 Å². The summed E-state index contributed by atoms with van der Waals surface area (Å²) in [6.45, 7) is 2.60. The quantitative estimate of drug-likeness (QED) is 0.658. The van der Waals surface area contributed by atoms with Crippen LogP contribution < -0.4 is 11.3 Å². The van der Waals surface area contributed by atoms with E-state index >= 15 is 0 Å². The molecule has 0 radical (unpaired) electrons. The van der Waals surface area contributed by atoms with E-state index < -0.39 is 0 Å². The molecular weight excluding hydrogens is 252 g/mol. The van der Waals surface area contributed by atoms with Gasteiger partial charge in [0.25, 0.3) is 5.91 Å². The maximum absolute atomic E-state index is 12.3. The minimum Gasteiger partial charge on any atom is -0.337 e. The number of pyridine rings is 1. The van der Waals surface area contributed by atoms with Crippen molar-refractivity contribution in [1.82, 2.24) is 9.88 Å². The second kappa shape index (κ2) is 6.16. The number of carbonyl (C=O) groups is 1. The first-order valence-electron chi connectivity index (χ1n) is 6.34. The number of hydrazine groups is 1. The van der Waals surface area contributed by atoms with Gasteiger partial charge in [-0.05, 0) is 24.6 Å². The molecule has 5 nitrogen and oxygen atoms in total. The van der Waals surface area contributed by atoms with Gasteiger partial charge in [0.15, 0.2) is 0 Å². The van der Waals surface area contributed by atoms with Crippen molar-refractivity contribution in [3.8, 4) is 0 Å². The SMILES string of the molecule is Cc1ccc(CN(C)C(=O)c2ccnc(NN)c2)cc1. The normalized spacial score (nSPS) is 10.2. The molecule has 1 aromatic carbocycles. The van der Waals surface area contributed by atoms with Crippen molar-refractivity contribution in [2.75, 3.05) is 12.5 Å². The summed E-state index contributed by atoms with van der Waals surface area (Å²) in [4.78, 5) is 18.0. The molecule has 2 aromatic rings. The summed E-state index contributed by atoms with van der Waals surface area (Å²) in [7, 11) is 1.78. The molecule has 0 saturated heterocycles. The number of hydrogen-bond acceptors (Lipinski definition) is 4. The fourth-order valence-corrected chi connectivity index (χ4v) is 1.90. The Labute approximate surface area is 118 Å². The lowest BCUT2D eigenvalue weighted by atomic mass is 10.1. The van der Waals surface area contributed by atoms with Crippen LogP contribution in [0.25, 0.3) is 0 Å². The van der Waals surface area contributed by atoms with E-state index in [0.717, 1.165) is 5.56 Å². The fraction of sp³-hybridized carbons (Fsp3) is 0.200. The van der Waals surface area contributed by atoms with Crippen LogP contribution in [0.1, 0.15) is 21.5 Å². The average Bonchev–Trinajstić information content (AvgIpc) is 2.48. The minimum atomic E-state index is -0.0653. The number of nitrogens with one attached hydrogen (secondary N) is 1. The number of nitrogens with zero attached hydrogens (tertiary/aromatic N) is 2. The number of nitrogens with two attached hydrogens (primary N) is 1. The number of nitrogen functional groups attached to an aromatic ring is 1.